The average Bonchev–Trinajstić information content (AvgIpc) is 2.60. The largest absolute Gasteiger partial charge is 0.379 e. The van der Waals surface area contributed by atoms with Crippen molar-refractivity contribution in [3.8, 4) is 0 Å². The summed E-state index contributed by atoms with van der Waals surface area (Å²) in [6, 6.07) is 1.39. The van der Waals surface area contributed by atoms with Crippen molar-refractivity contribution >= 4 is 5.91 Å². The van der Waals surface area contributed by atoms with E-state index in [0.29, 0.717) is 37.8 Å². The van der Waals surface area contributed by atoms with Crippen molar-refractivity contribution in [2.75, 3.05) is 19.7 Å². The van der Waals surface area contributed by atoms with Crippen LogP contribution >= 0.6 is 0 Å². The lowest BCUT2D eigenvalue weighted by Gasteiger charge is -2.37. The number of piperidine rings is 1. The van der Waals surface area contributed by atoms with E-state index in [4.69, 9.17) is 10.5 Å². The Kier molecular flexibility index (Phi) is 5.81. The third-order valence-corrected chi connectivity index (χ3v) is 4.34. The molecule has 2 aliphatic rings. The molecule has 20 heavy (non-hydrogen) atoms. The van der Waals surface area contributed by atoms with Crippen molar-refractivity contribution in [3.63, 3.8) is 0 Å². The van der Waals surface area contributed by atoms with Gasteiger partial charge in [0, 0.05) is 31.3 Å². The molecule has 0 aromatic rings. The highest BCUT2D eigenvalue weighted by atomic mass is 16.5. The number of nitrogens with two attached hydrogens (primary N) is 1. The van der Waals surface area contributed by atoms with Crippen molar-refractivity contribution in [1.82, 2.24) is 10.2 Å². The van der Waals surface area contributed by atoms with Crippen LogP contribution < -0.4 is 11.1 Å². The first-order chi connectivity index (χ1) is 9.56. The summed E-state index contributed by atoms with van der Waals surface area (Å²) in [5.74, 6) is 0.141. The lowest BCUT2D eigenvalue weighted by Crippen LogP contribution is -2.50. The fourth-order valence-corrected chi connectivity index (χ4v) is 3.42. The second kappa shape index (κ2) is 7.38. The van der Waals surface area contributed by atoms with E-state index in [1.807, 2.05) is 13.8 Å². The zero-order chi connectivity index (χ0) is 14.5. The summed E-state index contributed by atoms with van der Waals surface area (Å²) in [5, 5.41) is 2.99. The van der Waals surface area contributed by atoms with Gasteiger partial charge in [0.15, 0.2) is 0 Å². The number of nitrogens with one attached hydrogen (secondary N) is 1. The van der Waals surface area contributed by atoms with Gasteiger partial charge in [-0.1, -0.05) is 0 Å². The number of carbonyl (C=O) groups excluding carboxylic acids is 1. The first-order valence-electron chi connectivity index (χ1n) is 7.96. The van der Waals surface area contributed by atoms with Gasteiger partial charge in [0.05, 0.1) is 12.6 Å². The Bertz CT molecular complexity index is 308. The summed E-state index contributed by atoms with van der Waals surface area (Å²) < 4.78 is 5.45. The molecular formula is C15H29N3O2. The Morgan fingerprint density at radius 1 is 1.35 bits per heavy atom. The van der Waals surface area contributed by atoms with E-state index in [1.165, 1.54) is 12.8 Å². The van der Waals surface area contributed by atoms with Crippen molar-refractivity contribution < 1.29 is 9.53 Å². The Hall–Kier alpha value is -0.650. The second-order valence-corrected chi connectivity index (χ2v) is 6.41. The van der Waals surface area contributed by atoms with Crippen LogP contribution in [0.5, 0.6) is 0 Å². The van der Waals surface area contributed by atoms with Gasteiger partial charge >= 0.3 is 0 Å². The van der Waals surface area contributed by atoms with E-state index in [0.717, 1.165) is 19.3 Å². The van der Waals surface area contributed by atoms with Crippen LogP contribution in [0.3, 0.4) is 0 Å². The average molecular weight is 283 g/mol. The predicted octanol–water partition coefficient (Wildman–Crippen LogP) is 0.872. The van der Waals surface area contributed by atoms with Crippen LogP contribution in [0.15, 0.2) is 0 Å². The molecule has 0 aromatic carbocycles. The predicted molar refractivity (Wildman–Crippen MR) is 79.4 cm³/mol. The van der Waals surface area contributed by atoms with Crippen LogP contribution in [0.1, 0.15) is 46.0 Å². The molecule has 2 saturated heterocycles. The number of nitrogens with zero attached hydrogens (tertiary/aromatic N) is 1. The Morgan fingerprint density at radius 2 is 2.00 bits per heavy atom. The van der Waals surface area contributed by atoms with Gasteiger partial charge in [0.1, 0.15) is 0 Å². The minimum Gasteiger partial charge on any atom is -0.379 e. The number of amides is 1. The molecule has 0 aliphatic carbocycles. The van der Waals surface area contributed by atoms with Gasteiger partial charge in [-0.05, 0) is 46.0 Å². The Morgan fingerprint density at radius 3 is 2.60 bits per heavy atom. The molecule has 2 rings (SSSR count). The third-order valence-electron chi connectivity index (χ3n) is 4.34. The summed E-state index contributed by atoms with van der Waals surface area (Å²) in [6.45, 7) is 5.99. The minimum absolute atomic E-state index is 0.141. The number of carbonyl (C=O) groups is 1. The molecule has 2 fully saturated rings. The lowest BCUT2D eigenvalue weighted by molar-refractivity contribution is -0.123. The molecule has 2 atom stereocenters. The first kappa shape index (κ1) is 15.7. The highest BCUT2D eigenvalue weighted by Crippen LogP contribution is 2.34. The van der Waals surface area contributed by atoms with Gasteiger partial charge in [-0.2, -0.15) is 0 Å². The molecule has 2 bridgehead atoms. The summed E-state index contributed by atoms with van der Waals surface area (Å²) in [4.78, 5) is 14.3. The van der Waals surface area contributed by atoms with E-state index < -0.39 is 0 Å². The number of rotatable bonds is 7. The normalized spacial score (nSPS) is 29.9. The first-order valence-corrected chi connectivity index (χ1v) is 7.96. The van der Waals surface area contributed by atoms with Crippen LogP contribution in [-0.4, -0.2) is 54.7 Å². The van der Waals surface area contributed by atoms with E-state index in [2.05, 4.69) is 10.2 Å². The van der Waals surface area contributed by atoms with Gasteiger partial charge in [0.25, 0.3) is 0 Å². The number of hydrogen-bond acceptors (Lipinski definition) is 4. The molecule has 0 saturated carbocycles. The van der Waals surface area contributed by atoms with Crippen LogP contribution in [0.25, 0.3) is 0 Å². The van der Waals surface area contributed by atoms with E-state index >= 15 is 0 Å². The van der Waals surface area contributed by atoms with Crippen molar-refractivity contribution in [2.24, 2.45) is 5.73 Å². The summed E-state index contributed by atoms with van der Waals surface area (Å²) in [5.41, 5.74) is 6.05. The Balaban J connectivity index is 1.63. The molecule has 2 aliphatic heterocycles. The molecule has 2 unspecified atom stereocenters. The summed E-state index contributed by atoms with van der Waals surface area (Å²) in [7, 11) is 0. The third kappa shape index (κ3) is 4.43. The van der Waals surface area contributed by atoms with Gasteiger partial charge < -0.3 is 15.8 Å². The summed E-state index contributed by atoms with van der Waals surface area (Å²) >= 11 is 0. The van der Waals surface area contributed by atoms with Crippen LogP contribution in [0.4, 0.5) is 0 Å². The second-order valence-electron chi connectivity index (χ2n) is 6.41. The molecule has 2 heterocycles. The van der Waals surface area contributed by atoms with E-state index in [9.17, 15) is 4.79 Å². The highest BCUT2D eigenvalue weighted by Gasteiger charge is 2.40. The van der Waals surface area contributed by atoms with Gasteiger partial charge in [0.2, 0.25) is 5.91 Å². The van der Waals surface area contributed by atoms with Crippen molar-refractivity contribution in [3.05, 3.63) is 0 Å². The molecule has 0 spiro atoms. The molecule has 1 amide bonds. The highest BCUT2D eigenvalue weighted by molar-refractivity contribution is 5.78. The Labute approximate surface area is 122 Å². The van der Waals surface area contributed by atoms with Crippen molar-refractivity contribution in [2.45, 2.75) is 70.2 Å². The van der Waals surface area contributed by atoms with Gasteiger partial charge in [-0.15, -0.1) is 0 Å². The molecule has 0 aromatic heterocycles. The topological polar surface area (TPSA) is 67.6 Å². The molecule has 3 N–H and O–H groups in total. The van der Waals surface area contributed by atoms with Crippen LogP contribution in [0.2, 0.25) is 0 Å². The lowest BCUT2D eigenvalue weighted by atomic mass is 9.98. The maximum absolute atomic E-state index is 12.0. The quantitative estimate of drug-likeness (QED) is 0.680. The smallest absolute Gasteiger partial charge is 0.234 e. The molecule has 0 radical (unpaired) electrons. The van der Waals surface area contributed by atoms with Crippen LogP contribution in [-0.2, 0) is 9.53 Å². The maximum Gasteiger partial charge on any atom is 0.234 e. The summed E-state index contributed by atoms with van der Waals surface area (Å²) in [6.07, 6.45) is 5.64. The number of ether oxygens (including phenoxy) is 1. The monoisotopic (exact) mass is 283 g/mol. The molecule has 5 heteroatoms. The minimum atomic E-state index is 0.141. The molecule has 116 valence electrons. The van der Waals surface area contributed by atoms with Crippen LogP contribution in [0, 0.1) is 0 Å². The molecular weight excluding hydrogens is 254 g/mol. The maximum atomic E-state index is 12.0. The fourth-order valence-electron chi connectivity index (χ4n) is 3.42. The zero-order valence-corrected chi connectivity index (χ0v) is 12.8. The van der Waals surface area contributed by atoms with E-state index in [-0.39, 0.29) is 12.0 Å². The SMILES string of the molecule is CC(C)OCCCNC(=O)CN1C2CCC1CC(N)C2. The van der Waals surface area contributed by atoms with Gasteiger partial charge in [-0.3, -0.25) is 9.69 Å². The van der Waals surface area contributed by atoms with Gasteiger partial charge in [-0.25, -0.2) is 0 Å². The standard InChI is InChI=1S/C15H29N3O2/c1-11(2)20-7-3-6-17-15(19)10-18-13-4-5-14(18)9-12(16)8-13/h11-14H,3-10,16H2,1-2H3,(H,17,19). The number of hydrogen-bond donors (Lipinski definition) is 2. The van der Waals surface area contributed by atoms with E-state index in [1.54, 1.807) is 0 Å². The fraction of sp³-hybridized carbons (Fsp3) is 0.933. The zero-order valence-electron chi connectivity index (χ0n) is 12.8. The molecule has 5 nitrogen and oxygen atoms in total. The number of fused-ring (bicyclic) bond motifs is 2. The van der Waals surface area contributed by atoms with Crippen molar-refractivity contribution in [1.29, 1.82) is 0 Å².